The molecule has 4 nitrogen and oxygen atoms in total. The fraction of sp³-hybridized carbons (Fsp3) is 0.231. The molecule has 0 aliphatic rings. The van der Waals surface area contributed by atoms with Gasteiger partial charge in [0, 0.05) is 13.6 Å². The number of aryl methyl sites for hydroxylation is 1. The molecule has 0 fully saturated rings. The summed E-state index contributed by atoms with van der Waals surface area (Å²) in [6, 6.07) is 8.04. The normalized spacial score (nSPS) is 10.2. The summed E-state index contributed by atoms with van der Waals surface area (Å²) in [5.41, 5.74) is 2.27. The van der Waals surface area contributed by atoms with E-state index in [4.69, 9.17) is 0 Å². The van der Waals surface area contributed by atoms with Crippen LogP contribution in [-0.2, 0) is 6.54 Å². The minimum absolute atomic E-state index is 0.204. The van der Waals surface area contributed by atoms with E-state index in [2.05, 4.69) is 20.6 Å². The van der Waals surface area contributed by atoms with E-state index in [0.29, 0.717) is 12.5 Å². The first-order valence-corrected chi connectivity index (χ1v) is 5.69. The molecule has 94 valence electrons. The summed E-state index contributed by atoms with van der Waals surface area (Å²) in [5, 5.41) is 5.73. The number of benzene rings is 1. The van der Waals surface area contributed by atoms with Crippen molar-refractivity contribution < 1.29 is 4.39 Å². The molecule has 0 spiro atoms. The molecule has 0 saturated heterocycles. The number of halogens is 1. The van der Waals surface area contributed by atoms with Gasteiger partial charge in [0.1, 0.15) is 0 Å². The summed E-state index contributed by atoms with van der Waals surface area (Å²) >= 11 is 0. The second-order valence-electron chi connectivity index (χ2n) is 3.98. The highest BCUT2D eigenvalue weighted by Crippen LogP contribution is 2.13. The van der Waals surface area contributed by atoms with Gasteiger partial charge in [0.15, 0.2) is 11.6 Å². The van der Waals surface area contributed by atoms with Crippen molar-refractivity contribution in [1.29, 1.82) is 0 Å². The molecular formula is C13H15FN4. The highest BCUT2D eigenvalue weighted by molar-refractivity contribution is 5.41. The van der Waals surface area contributed by atoms with Crippen molar-refractivity contribution >= 4 is 11.8 Å². The topological polar surface area (TPSA) is 49.8 Å². The lowest BCUT2D eigenvalue weighted by Gasteiger charge is -2.08. The zero-order valence-electron chi connectivity index (χ0n) is 10.4. The lowest BCUT2D eigenvalue weighted by atomic mass is 10.1. The van der Waals surface area contributed by atoms with Crippen LogP contribution in [0, 0.1) is 12.7 Å². The van der Waals surface area contributed by atoms with Gasteiger partial charge in [-0.05, 0) is 12.5 Å². The Kier molecular flexibility index (Phi) is 3.72. The number of rotatable bonds is 4. The minimum Gasteiger partial charge on any atom is -0.363 e. The van der Waals surface area contributed by atoms with E-state index in [-0.39, 0.29) is 5.82 Å². The zero-order valence-corrected chi connectivity index (χ0v) is 10.4. The van der Waals surface area contributed by atoms with Crippen LogP contribution in [-0.4, -0.2) is 17.0 Å². The molecule has 0 aliphatic carbocycles. The predicted molar refractivity (Wildman–Crippen MR) is 70.0 cm³/mol. The molecular weight excluding hydrogens is 231 g/mol. The van der Waals surface area contributed by atoms with E-state index < -0.39 is 5.82 Å². The number of nitrogens with one attached hydrogen (secondary N) is 2. The zero-order chi connectivity index (χ0) is 13.0. The summed E-state index contributed by atoms with van der Waals surface area (Å²) < 4.78 is 13.5. The Morgan fingerprint density at radius 3 is 2.61 bits per heavy atom. The summed E-state index contributed by atoms with van der Waals surface area (Å²) in [4.78, 5) is 7.80. The van der Waals surface area contributed by atoms with E-state index in [1.165, 1.54) is 5.56 Å². The lowest BCUT2D eigenvalue weighted by Crippen LogP contribution is -2.06. The Morgan fingerprint density at radius 1 is 1.22 bits per heavy atom. The molecule has 1 aromatic carbocycles. The first kappa shape index (κ1) is 12.3. The Morgan fingerprint density at radius 2 is 1.94 bits per heavy atom. The van der Waals surface area contributed by atoms with Gasteiger partial charge in [-0.1, -0.05) is 29.8 Å². The van der Waals surface area contributed by atoms with Crippen LogP contribution in [0.4, 0.5) is 16.2 Å². The van der Waals surface area contributed by atoms with Gasteiger partial charge in [-0.2, -0.15) is 4.98 Å². The van der Waals surface area contributed by atoms with Gasteiger partial charge in [0.25, 0.3) is 0 Å². The maximum atomic E-state index is 13.5. The Labute approximate surface area is 105 Å². The van der Waals surface area contributed by atoms with Crippen molar-refractivity contribution in [3.63, 3.8) is 0 Å². The second-order valence-corrected chi connectivity index (χ2v) is 3.98. The summed E-state index contributed by atoms with van der Waals surface area (Å²) in [6.07, 6.45) is 1.15. The van der Waals surface area contributed by atoms with Crippen LogP contribution in [0.1, 0.15) is 11.1 Å². The van der Waals surface area contributed by atoms with Gasteiger partial charge in [0.05, 0.1) is 6.20 Å². The molecule has 2 N–H and O–H groups in total. The maximum Gasteiger partial charge on any atom is 0.224 e. The van der Waals surface area contributed by atoms with Crippen LogP contribution in [0.3, 0.4) is 0 Å². The average molecular weight is 246 g/mol. The number of hydrogen-bond acceptors (Lipinski definition) is 4. The predicted octanol–water partition coefficient (Wildman–Crippen LogP) is 2.58. The standard InChI is InChI=1S/C13H15FN4/c1-9-3-5-10(6-4-9)7-16-12-11(14)8-17-13(15-2)18-12/h3-6,8H,7H2,1-2H3,(H2,15,16,17,18). The molecule has 0 bridgehead atoms. The first-order chi connectivity index (χ1) is 8.69. The van der Waals surface area contributed by atoms with Gasteiger partial charge in [-0.15, -0.1) is 0 Å². The SMILES string of the molecule is CNc1ncc(F)c(NCc2ccc(C)cc2)n1. The molecule has 0 unspecified atom stereocenters. The Bertz CT molecular complexity index is 525. The van der Waals surface area contributed by atoms with Crippen molar-refractivity contribution in [3.05, 3.63) is 47.4 Å². The van der Waals surface area contributed by atoms with Crippen LogP contribution in [0.25, 0.3) is 0 Å². The van der Waals surface area contributed by atoms with Crippen LogP contribution in [0.2, 0.25) is 0 Å². The van der Waals surface area contributed by atoms with Crippen molar-refractivity contribution in [2.75, 3.05) is 17.7 Å². The molecule has 2 rings (SSSR count). The fourth-order valence-corrected chi connectivity index (χ4v) is 1.50. The molecule has 0 aliphatic heterocycles. The maximum absolute atomic E-state index is 13.5. The van der Waals surface area contributed by atoms with Gasteiger partial charge in [-0.25, -0.2) is 9.37 Å². The van der Waals surface area contributed by atoms with E-state index in [1.807, 2.05) is 31.2 Å². The van der Waals surface area contributed by atoms with Crippen LogP contribution in [0.5, 0.6) is 0 Å². The first-order valence-electron chi connectivity index (χ1n) is 5.69. The Balaban J connectivity index is 2.07. The monoisotopic (exact) mass is 246 g/mol. The van der Waals surface area contributed by atoms with E-state index >= 15 is 0 Å². The van der Waals surface area contributed by atoms with Crippen LogP contribution in [0.15, 0.2) is 30.5 Å². The van der Waals surface area contributed by atoms with E-state index in [9.17, 15) is 4.39 Å². The quantitative estimate of drug-likeness (QED) is 0.870. The molecule has 0 amide bonds. The van der Waals surface area contributed by atoms with E-state index in [1.54, 1.807) is 7.05 Å². The highest BCUT2D eigenvalue weighted by Gasteiger charge is 2.05. The Hall–Kier alpha value is -2.17. The number of anilines is 2. The third-order valence-corrected chi connectivity index (χ3v) is 2.55. The molecule has 0 saturated carbocycles. The largest absolute Gasteiger partial charge is 0.363 e. The molecule has 1 heterocycles. The number of hydrogen-bond donors (Lipinski definition) is 2. The lowest BCUT2D eigenvalue weighted by molar-refractivity contribution is 0.617. The average Bonchev–Trinajstić information content (AvgIpc) is 2.40. The van der Waals surface area contributed by atoms with Gasteiger partial charge < -0.3 is 10.6 Å². The smallest absolute Gasteiger partial charge is 0.224 e. The molecule has 0 radical (unpaired) electrons. The van der Waals surface area contributed by atoms with Gasteiger partial charge in [-0.3, -0.25) is 0 Å². The summed E-state index contributed by atoms with van der Waals surface area (Å²) in [7, 11) is 1.69. The molecule has 5 heteroatoms. The second kappa shape index (κ2) is 5.44. The summed E-state index contributed by atoms with van der Waals surface area (Å²) in [6.45, 7) is 2.55. The van der Waals surface area contributed by atoms with Crippen molar-refractivity contribution in [2.24, 2.45) is 0 Å². The fourth-order valence-electron chi connectivity index (χ4n) is 1.50. The molecule has 18 heavy (non-hydrogen) atoms. The molecule has 2 aromatic rings. The van der Waals surface area contributed by atoms with Crippen molar-refractivity contribution in [2.45, 2.75) is 13.5 Å². The third kappa shape index (κ3) is 2.94. The third-order valence-electron chi connectivity index (χ3n) is 2.55. The number of nitrogens with zero attached hydrogens (tertiary/aromatic N) is 2. The molecule has 0 atom stereocenters. The minimum atomic E-state index is -0.457. The number of aromatic nitrogens is 2. The van der Waals surface area contributed by atoms with Crippen molar-refractivity contribution in [1.82, 2.24) is 9.97 Å². The van der Waals surface area contributed by atoms with Crippen molar-refractivity contribution in [3.8, 4) is 0 Å². The van der Waals surface area contributed by atoms with Crippen LogP contribution < -0.4 is 10.6 Å². The van der Waals surface area contributed by atoms with E-state index in [0.717, 1.165) is 11.8 Å². The molecule has 1 aromatic heterocycles. The van der Waals surface area contributed by atoms with Crippen LogP contribution >= 0.6 is 0 Å². The van der Waals surface area contributed by atoms with Gasteiger partial charge >= 0.3 is 0 Å². The highest BCUT2D eigenvalue weighted by atomic mass is 19.1. The summed E-state index contributed by atoms with van der Waals surface area (Å²) in [5.74, 6) is 0.138. The van der Waals surface area contributed by atoms with Gasteiger partial charge in [0.2, 0.25) is 5.95 Å².